The number of nitrogens with one attached hydrogen (secondary N) is 1. The van der Waals surface area contributed by atoms with Crippen LogP contribution < -0.4 is 5.32 Å². The number of carbonyl (C=O) groups excluding carboxylic acids is 2. The summed E-state index contributed by atoms with van der Waals surface area (Å²) in [6, 6.07) is 9.31. The number of rotatable bonds is 7. The predicted octanol–water partition coefficient (Wildman–Crippen LogP) is 2.58. The molecule has 1 aromatic carbocycles. The van der Waals surface area contributed by atoms with E-state index in [0.29, 0.717) is 18.1 Å². The van der Waals surface area contributed by atoms with Crippen molar-refractivity contribution in [1.29, 1.82) is 0 Å². The second-order valence-corrected chi connectivity index (χ2v) is 5.61. The normalized spacial score (nSPS) is 21.2. The van der Waals surface area contributed by atoms with Gasteiger partial charge in [-0.2, -0.15) is 0 Å². The maximum atomic E-state index is 12.0. The molecule has 21 heavy (non-hydrogen) atoms. The fourth-order valence-corrected chi connectivity index (χ4v) is 2.91. The van der Waals surface area contributed by atoms with E-state index in [2.05, 4.69) is 5.32 Å². The summed E-state index contributed by atoms with van der Waals surface area (Å²) in [6.45, 7) is 0.688. The van der Waals surface area contributed by atoms with E-state index in [1.807, 2.05) is 18.2 Å². The number of amides is 1. The number of methoxy groups -OCH3 is 1. The highest BCUT2D eigenvalue weighted by Gasteiger charge is 2.28. The summed E-state index contributed by atoms with van der Waals surface area (Å²) >= 11 is 0. The molecule has 0 radical (unpaired) electrons. The molecule has 0 aliphatic heterocycles. The molecule has 4 heteroatoms. The molecular weight excluding hydrogens is 266 g/mol. The Morgan fingerprint density at radius 3 is 2.67 bits per heavy atom. The monoisotopic (exact) mass is 289 g/mol. The molecule has 1 aliphatic rings. The highest BCUT2D eigenvalue weighted by molar-refractivity contribution is 5.97. The van der Waals surface area contributed by atoms with E-state index in [1.165, 1.54) is 0 Å². The molecule has 1 aliphatic carbocycles. The van der Waals surface area contributed by atoms with Crippen LogP contribution >= 0.6 is 0 Å². The zero-order chi connectivity index (χ0) is 15.1. The third-order valence-electron chi connectivity index (χ3n) is 4.06. The van der Waals surface area contributed by atoms with E-state index < -0.39 is 0 Å². The number of ether oxygens (including phenoxy) is 1. The van der Waals surface area contributed by atoms with Crippen molar-refractivity contribution in [2.24, 2.45) is 5.92 Å². The Hall–Kier alpha value is -1.68. The third kappa shape index (κ3) is 4.67. The standard InChI is InChI=1S/C17H23NO3/c1-21-12-14-8-5-9-15(14)18-17(20)11-10-16(19)13-6-3-2-4-7-13/h2-4,6-7,14-15H,5,8-12H2,1H3,(H,18,20)/t14-,15-/m1/s1. The topological polar surface area (TPSA) is 55.4 Å². The van der Waals surface area contributed by atoms with Gasteiger partial charge in [0.2, 0.25) is 5.91 Å². The predicted molar refractivity (Wildman–Crippen MR) is 81.2 cm³/mol. The van der Waals surface area contributed by atoms with Crippen LogP contribution in [0.1, 0.15) is 42.5 Å². The van der Waals surface area contributed by atoms with Crippen molar-refractivity contribution in [3.63, 3.8) is 0 Å². The second-order valence-electron chi connectivity index (χ2n) is 5.61. The highest BCUT2D eigenvalue weighted by Crippen LogP contribution is 2.25. The first-order chi connectivity index (χ1) is 10.2. The summed E-state index contributed by atoms with van der Waals surface area (Å²) in [7, 11) is 1.69. The zero-order valence-electron chi connectivity index (χ0n) is 12.5. The molecule has 1 N–H and O–H groups in total. The molecule has 2 atom stereocenters. The Labute approximate surface area is 125 Å². The van der Waals surface area contributed by atoms with Crippen molar-refractivity contribution < 1.29 is 14.3 Å². The van der Waals surface area contributed by atoms with E-state index >= 15 is 0 Å². The van der Waals surface area contributed by atoms with Gasteiger partial charge in [-0.15, -0.1) is 0 Å². The molecule has 0 aromatic heterocycles. The minimum Gasteiger partial charge on any atom is -0.384 e. The quantitative estimate of drug-likeness (QED) is 0.785. The lowest BCUT2D eigenvalue weighted by Gasteiger charge is -2.20. The molecule has 0 saturated heterocycles. The van der Waals surface area contributed by atoms with Crippen LogP contribution in [0.5, 0.6) is 0 Å². The number of hydrogen-bond donors (Lipinski definition) is 1. The van der Waals surface area contributed by atoms with Crippen LogP contribution in [-0.4, -0.2) is 31.4 Å². The van der Waals surface area contributed by atoms with Gasteiger partial charge in [-0.3, -0.25) is 9.59 Å². The van der Waals surface area contributed by atoms with Gasteiger partial charge in [-0.25, -0.2) is 0 Å². The van der Waals surface area contributed by atoms with Crippen LogP contribution in [0, 0.1) is 5.92 Å². The third-order valence-corrected chi connectivity index (χ3v) is 4.06. The first kappa shape index (κ1) is 15.7. The molecule has 1 aromatic rings. The van der Waals surface area contributed by atoms with Crippen molar-refractivity contribution in [2.45, 2.75) is 38.1 Å². The Bertz CT molecular complexity index is 472. The lowest BCUT2D eigenvalue weighted by atomic mass is 10.0. The van der Waals surface area contributed by atoms with Crippen LogP contribution in [0.3, 0.4) is 0 Å². The van der Waals surface area contributed by atoms with Gasteiger partial charge in [0.05, 0.1) is 6.61 Å². The van der Waals surface area contributed by atoms with E-state index in [9.17, 15) is 9.59 Å². The number of hydrogen-bond acceptors (Lipinski definition) is 3. The number of Topliss-reactive ketones (excluding diaryl/α,β-unsaturated/α-hetero) is 1. The molecule has 0 spiro atoms. The van der Waals surface area contributed by atoms with Crippen molar-refractivity contribution in [2.75, 3.05) is 13.7 Å². The van der Waals surface area contributed by atoms with E-state index in [4.69, 9.17) is 4.74 Å². The Kier molecular flexibility index (Phi) is 5.93. The zero-order valence-corrected chi connectivity index (χ0v) is 12.5. The van der Waals surface area contributed by atoms with Crippen molar-refractivity contribution >= 4 is 11.7 Å². The van der Waals surface area contributed by atoms with Crippen LogP contribution in [0.15, 0.2) is 30.3 Å². The maximum absolute atomic E-state index is 12.0. The van der Waals surface area contributed by atoms with Crippen LogP contribution in [0.4, 0.5) is 0 Å². The first-order valence-corrected chi connectivity index (χ1v) is 7.57. The lowest BCUT2D eigenvalue weighted by Crippen LogP contribution is -2.38. The number of benzene rings is 1. The molecule has 0 unspecified atom stereocenters. The molecule has 1 amide bonds. The second kappa shape index (κ2) is 7.93. The average molecular weight is 289 g/mol. The SMILES string of the molecule is COC[C@H]1CCC[C@H]1NC(=O)CCC(=O)c1ccccc1. The van der Waals surface area contributed by atoms with E-state index in [1.54, 1.807) is 19.2 Å². The van der Waals surface area contributed by atoms with Gasteiger partial charge in [-0.05, 0) is 12.8 Å². The van der Waals surface area contributed by atoms with Crippen LogP contribution in [0.2, 0.25) is 0 Å². The Morgan fingerprint density at radius 1 is 1.19 bits per heavy atom. The minimum atomic E-state index is -0.0349. The summed E-state index contributed by atoms with van der Waals surface area (Å²) in [4.78, 5) is 23.9. The van der Waals surface area contributed by atoms with Gasteiger partial charge in [0, 0.05) is 37.5 Å². The summed E-state index contributed by atoms with van der Waals surface area (Å²) < 4.78 is 5.19. The Morgan fingerprint density at radius 2 is 1.95 bits per heavy atom. The summed E-state index contributed by atoms with van der Waals surface area (Å²) in [6.07, 6.45) is 3.75. The molecule has 4 nitrogen and oxygen atoms in total. The van der Waals surface area contributed by atoms with Crippen LogP contribution in [-0.2, 0) is 9.53 Å². The lowest BCUT2D eigenvalue weighted by molar-refractivity contribution is -0.122. The Balaban J connectivity index is 1.76. The van der Waals surface area contributed by atoms with E-state index in [-0.39, 0.29) is 30.6 Å². The highest BCUT2D eigenvalue weighted by atomic mass is 16.5. The molecule has 2 rings (SSSR count). The smallest absolute Gasteiger partial charge is 0.220 e. The van der Waals surface area contributed by atoms with Gasteiger partial charge < -0.3 is 10.1 Å². The summed E-state index contributed by atoms with van der Waals surface area (Å²) in [5, 5.41) is 3.05. The largest absolute Gasteiger partial charge is 0.384 e. The fourth-order valence-electron chi connectivity index (χ4n) is 2.91. The van der Waals surface area contributed by atoms with E-state index in [0.717, 1.165) is 19.3 Å². The molecule has 114 valence electrons. The molecular formula is C17H23NO3. The van der Waals surface area contributed by atoms with Gasteiger partial charge >= 0.3 is 0 Å². The van der Waals surface area contributed by atoms with Crippen molar-refractivity contribution in [1.82, 2.24) is 5.32 Å². The van der Waals surface area contributed by atoms with Gasteiger partial charge in [0.1, 0.15) is 0 Å². The van der Waals surface area contributed by atoms with Gasteiger partial charge in [-0.1, -0.05) is 36.8 Å². The van der Waals surface area contributed by atoms with Crippen LogP contribution in [0.25, 0.3) is 0 Å². The first-order valence-electron chi connectivity index (χ1n) is 7.57. The summed E-state index contributed by atoms with van der Waals surface area (Å²) in [5.74, 6) is 0.390. The average Bonchev–Trinajstić information content (AvgIpc) is 2.93. The van der Waals surface area contributed by atoms with Gasteiger partial charge in [0.25, 0.3) is 0 Å². The minimum absolute atomic E-state index is 0.0191. The molecule has 0 heterocycles. The molecule has 1 saturated carbocycles. The molecule has 0 bridgehead atoms. The maximum Gasteiger partial charge on any atom is 0.220 e. The molecule has 1 fully saturated rings. The fraction of sp³-hybridized carbons (Fsp3) is 0.529. The van der Waals surface area contributed by atoms with Crippen molar-refractivity contribution in [3.8, 4) is 0 Å². The number of ketones is 1. The van der Waals surface area contributed by atoms with Gasteiger partial charge in [0.15, 0.2) is 5.78 Å². The number of carbonyl (C=O) groups is 2. The van der Waals surface area contributed by atoms with Crippen molar-refractivity contribution in [3.05, 3.63) is 35.9 Å². The summed E-state index contributed by atoms with van der Waals surface area (Å²) in [5.41, 5.74) is 0.670.